The van der Waals surface area contributed by atoms with Crippen molar-refractivity contribution >= 4 is 71.9 Å². The minimum absolute atomic E-state index is 0.367. The summed E-state index contributed by atoms with van der Waals surface area (Å²) in [6, 6.07) is 4.92. The van der Waals surface area contributed by atoms with E-state index in [9.17, 15) is 0 Å². The third kappa shape index (κ3) is 8.06. The highest BCUT2D eigenvalue weighted by molar-refractivity contribution is 7.85. The van der Waals surface area contributed by atoms with Gasteiger partial charge in [0, 0.05) is 48.8 Å². The summed E-state index contributed by atoms with van der Waals surface area (Å²) in [7, 11) is -9.09. The maximum Gasteiger partial charge on any atom is 0.325 e. The summed E-state index contributed by atoms with van der Waals surface area (Å²) in [5, 5.41) is 0. The Hall–Kier alpha value is 0.625. The molecule has 0 aliphatic heterocycles. The molecule has 1 aromatic rings. The van der Waals surface area contributed by atoms with Gasteiger partial charge in [-0.25, -0.2) is 0 Å². The number of rotatable bonds is 9. The van der Waals surface area contributed by atoms with Gasteiger partial charge in [0.15, 0.2) is 5.69 Å². The predicted octanol–water partition coefficient (Wildman–Crippen LogP) is 8.59. The first-order valence-corrected chi connectivity index (χ1v) is 42.7. The molecule has 0 N–H and O–H groups in total. The first kappa shape index (κ1) is 33.7. The lowest BCUT2D eigenvalue weighted by Crippen LogP contribution is -2.77. The van der Waals surface area contributed by atoms with Gasteiger partial charge in [0.1, 0.15) is 14.9 Å². The van der Waals surface area contributed by atoms with Crippen molar-refractivity contribution in [1.82, 2.24) is 0 Å². The zero-order valence-electron chi connectivity index (χ0n) is 27.2. The summed E-state index contributed by atoms with van der Waals surface area (Å²) in [6.45, 7) is 50.7. The molecule has 0 bridgehead atoms. The molecule has 9 heteroatoms. The van der Waals surface area contributed by atoms with Crippen molar-refractivity contribution in [2.75, 3.05) is 0 Å². The third-order valence-electron chi connectivity index (χ3n) is 7.19. The van der Waals surface area contributed by atoms with Crippen LogP contribution < -0.4 is 0 Å². The molecule has 0 atom stereocenters. The maximum atomic E-state index is 3.10. The number of nitrogens with zero attached hydrogens (tertiary/aromatic N) is 1. The molecule has 0 amide bonds. The number of aryl methyl sites for hydroxylation is 3. The van der Waals surface area contributed by atoms with Gasteiger partial charge < -0.3 is 0 Å². The zero-order chi connectivity index (χ0) is 28.2. The van der Waals surface area contributed by atoms with Crippen LogP contribution in [-0.2, 0) is 0 Å². The Labute approximate surface area is 229 Å². The lowest BCUT2D eigenvalue weighted by Gasteiger charge is -2.46. The fourth-order valence-corrected chi connectivity index (χ4v) is 176. The second-order valence-electron chi connectivity index (χ2n) is 16.3. The minimum Gasteiger partial charge on any atom is -0.285 e. The Morgan fingerprint density at radius 3 is 1.14 bits per heavy atom. The van der Waals surface area contributed by atoms with Crippen molar-refractivity contribution < 1.29 is 4.24 Å². The van der Waals surface area contributed by atoms with Crippen molar-refractivity contribution in [3.63, 3.8) is 0 Å². The highest BCUT2D eigenvalue weighted by Gasteiger charge is 2.60. The molecule has 0 aliphatic rings. The van der Waals surface area contributed by atoms with Crippen molar-refractivity contribution in [2.45, 2.75) is 126 Å². The number of hydrogen-bond acceptors (Lipinski definition) is 0. The molecule has 1 rings (SSSR count). The van der Waals surface area contributed by atoms with Crippen LogP contribution in [-0.4, -0.2) is 70.5 Å². The zero-order valence-corrected chi connectivity index (χ0v) is 35.2. The Bertz CT molecular complexity index is 887. The van der Waals surface area contributed by atoms with Crippen molar-refractivity contribution in [2.24, 2.45) is 0 Å². The van der Waals surface area contributed by atoms with Gasteiger partial charge in [0.2, 0.25) is 0 Å². The first-order chi connectivity index (χ1) is 15.1. The molecule has 0 unspecified atom stereocenters. The molecule has 0 spiro atoms. The summed E-state index contributed by atoms with van der Waals surface area (Å²) in [4.78, 5) is 0. The average molecular weight is 611 g/mol. The van der Waals surface area contributed by atoms with Gasteiger partial charge in [0.25, 0.3) is 0 Å². The molecule has 35 heavy (non-hydrogen) atoms. The lowest BCUT2D eigenvalue weighted by molar-refractivity contribution is -0.284. The van der Waals surface area contributed by atoms with Gasteiger partial charge >= 0.3 is 7.75 Å². The standard InChI is InChI=1S/C26H60NSi8/c1-23-20-24(2)26(25(3)21-23)27(35(18,19)29(32(10,11)12)33(13,14)15)22-34(16,17)28(30(4,5)6)31(7,8)9/h20-22H,1-19H3/q+1/b27-22-. The van der Waals surface area contributed by atoms with E-state index in [4.69, 9.17) is 0 Å². The number of hydrogen-bond donors (Lipinski definition) is 0. The molecule has 0 saturated carbocycles. The third-order valence-corrected chi connectivity index (χ3v) is 122. The van der Waals surface area contributed by atoms with Crippen LogP contribution in [0.25, 0.3) is 0 Å². The summed E-state index contributed by atoms with van der Waals surface area (Å²) < 4.78 is 3.10. The lowest BCUT2D eigenvalue weighted by atomic mass is 10.1. The molecular weight excluding hydrogens is 551 g/mol. The summed E-state index contributed by atoms with van der Waals surface area (Å²) in [5.74, 6) is 3.01. The van der Waals surface area contributed by atoms with Gasteiger partial charge in [-0.05, 0) is 46.0 Å². The monoisotopic (exact) mass is 610 g/mol. The normalized spacial score (nSPS) is 15.4. The van der Waals surface area contributed by atoms with Crippen molar-refractivity contribution in [3.8, 4) is 0 Å². The van der Waals surface area contributed by atoms with E-state index in [2.05, 4.69) is 148 Å². The van der Waals surface area contributed by atoms with Crippen LogP contribution in [0.15, 0.2) is 12.1 Å². The van der Waals surface area contributed by atoms with E-state index >= 15 is 0 Å². The highest BCUT2D eigenvalue weighted by Crippen LogP contribution is 2.35. The Kier molecular flexibility index (Phi) is 10.2. The second kappa shape index (κ2) is 10.7. The molecule has 0 saturated heterocycles. The summed E-state index contributed by atoms with van der Waals surface area (Å²) in [5.41, 5.74) is 6.02. The molecule has 2 radical (unpaired) electrons. The van der Waals surface area contributed by atoms with Crippen LogP contribution >= 0.6 is 0 Å². The van der Waals surface area contributed by atoms with Crippen LogP contribution in [0.3, 0.4) is 0 Å². The Morgan fingerprint density at radius 1 is 0.543 bits per heavy atom. The average Bonchev–Trinajstić information content (AvgIpc) is 2.45. The molecule has 1 nitrogen and oxygen atoms in total. The molecule has 0 heterocycles. The van der Waals surface area contributed by atoms with Gasteiger partial charge in [-0.15, -0.1) is 0 Å². The SMILES string of the molecule is Cc1cc(C)c(/[N+](=C/[Si](C)(C)[Si]([Si](C)(C)C)[Si](C)(C)C)[Si](C)(C)[Si]([Si](C)(C)C)[Si](C)(C)C)c(C)c1. The smallest absolute Gasteiger partial charge is 0.285 e. The van der Waals surface area contributed by atoms with E-state index in [0.29, 0.717) is 0 Å². The quantitative estimate of drug-likeness (QED) is 0.194. The fourth-order valence-electron chi connectivity index (χ4n) is 8.58. The van der Waals surface area contributed by atoms with Crippen molar-refractivity contribution in [3.05, 3.63) is 28.8 Å². The molecule has 0 aliphatic carbocycles. The summed E-state index contributed by atoms with van der Waals surface area (Å²) in [6.07, 6.45) is 0. The molecule has 1 aromatic carbocycles. The van der Waals surface area contributed by atoms with Crippen LogP contribution in [0.2, 0.25) is 105 Å². The van der Waals surface area contributed by atoms with E-state index in [-0.39, 0.29) is 7.35 Å². The number of benzene rings is 1. The molecule has 200 valence electrons. The highest BCUT2D eigenvalue weighted by atomic mass is 29.9. The van der Waals surface area contributed by atoms with Crippen LogP contribution in [0.1, 0.15) is 16.7 Å². The van der Waals surface area contributed by atoms with Crippen LogP contribution in [0.4, 0.5) is 5.69 Å². The second-order valence-corrected chi connectivity index (χ2v) is 86.6. The van der Waals surface area contributed by atoms with E-state index < -0.39 is 53.1 Å². The van der Waals surface area contributed by atoms with E-state index in [1.54, 1.807) is 5.69 Å². The van der Waals surface area contributed by atoms with Gasteiger partial charge in [-0.3, -0.25) is 4.24 Å². The molecule has 0 aromatic heterocycles. The van der Waals surface area contributed by atoms with Crippen LogP contribution in [0.5, 0.6) is 0 Å². The minimum atomic E-state index is -1.74. The van der Waals surface area contributed by atoms with E-state index in [1.807, 2.05) is 0 Å². The summed E-state index contributed by atoms with van der Waals surface area (Å²) >= 11 is 0. The predicted molar refractivity (Wildman–Crippen MR) is 186 cm³/mol. The fraction of sp³-hybridized carbons (Fsp3) is 0.731. The van der Waals surface area contributed by atoms with Crippen molar-refractivity contribution in [1.29, 1.82) is 0 Å². The Balaban J connectivity index is 4.21. The first-order valence-electron chi connectivity index (χ1n) is 13.6. The van der Waals surface area contributed by atoms with Gasteiger partial charge in [-0.1, -0.05) is 97.2 Å². The van der Waals surface area contributed by atoms with E-state index in [0.717, 1.165) is 0 Å². The maximum absolute atomic E-state index is 3.10. The molecule has 0 fully saturated rings. The topological polar surface area (TPSA) is 3.01 Å². The largest absolute Gasteiger partial charge is 0.325 e. The van der Waals surface area contributed by atoms with Gasteiger partial charge in [-0.2, -0.15) is 0 Å². The van der Waals surface area contributed by atoms with Gasteiger partial charge in [0.05, 0.1) is 5.84 Å². The molecular formula is C26H60NSi8+. The Morgan fingerprint density at radius 2 is 0.857 bits per heavy atom. The van der Waals surface area contributed by atoms with E-state index in [1.165, 1.54) is 16.7 Å². The van der Waals surface area contributed by atoms with Crippen LogP contribution in [0, 0.1) is 20.8 Å².